The van der Waals surface area contributed by atoms with Gasteiger partial charge in [0.2, 0.25) is 0 Å². The lowest BCUT2D eigenvalue weighted by Gasteiger charge is -2.06. The van der Waals surface area contributed by atoms with Crippen LogP contribution in [0.3, 0.4) is 0 Å². The smallest absolute Gasteiger partial charge is 0.258 e. The Morgan fingerprint density at radius 2 is 2.06 bits per heavy atom. The van der Waals surface area contributed by atoms with Crippen LogP contribution in [-0.2, 0) is 0 Å². The third kappa shape index (κ3) is 3.19. The van der Waals surface area contributed by atoms with E-state index in [-0.39, 0.29) is 16.6 Å². The van der Waals surface area contributed by atoms with Crippen LogP contribution in [-0.4, -0.2) is 15.9 Å². The number of pyridine rings is 2. The van der Waals surface area contributed by atoms with Crippen LogP contribution in [0.1, 0.15) is 10.4 Å². The van der Waals surface area contributed by atoms with E-state index in [4.69, 9.17) is 23.2 Å². The summed E-state index contributed by atoms with van der Waals surface area (Å²) in [5.41, 5.74) is 0.815. The molecule has 2 rings (SSSR count). The summed E-state index contributed by atoms with van der Waals surface area (Å²) >= 11 is 14.8. The molecule has 2 aromatic rings. The summed E-state index contributed by atoms with van der Waals surface area (Å²) in [6.07, 6.45) is 3.02. The molecule has 0 saturated carbocycles. The van der Waals surface area contributed by atoms with Crippen molar-refractivity contribution in [1.29, 1.82) is 0 Å². The molecular weight excluding hydrogens is 341 g/mol. The second-order valence-electron chi connectivity index (χ2n) is 3.31. The summed E-state index contributed by atoms with van der Waals surface area (Å²) in [6, 6.07) is 4.76. The number of nitrogens with one attached hydrogen (secondary N) is 1. The molecule has 7 heteroatoms. The highest BCUT2D eigenvalue weighted by atomic mass is 79.9. The van der Waals surface area contributed by atoms with Crippen LogP contribution in [0.15, 0.2) is 35.1 Å². The maximum absolute atomic E-state index is 12.0. The van der Waals surface area contributed by atoms with Crippen LogP contribution < -0.4 is 5.32 Å². The molecule has 0 aromatic carbocycles. The zero-order valence-corrected chi connectivity index (χ0v) is 11.9. The Kier molecular flexibility index (Phi) is 4.16. The van der Waals surface area contributed by atoms with E-state index in [9.17, 15) is 4.79 Å². The van der Waals surface area contributed by atoms with Gasteiger partial charge in [0.05, 0.1) is 5.56 Å². The fourth-order valence-electron chi connectivity index (χ4n) is 1.26. The summed E-state index contributed by atoms with van der Waals surface area (Å²) in [4.78, 5) is 19.7. The molecule has 92 valence electrons. The van der Waals surface area contributed by atoms with Gasteiger partial charge in [0, 0.05) is 22.6 Å². The van der Waals surface area contributed by atoms with Crippen molar-refractivity contribution in [2.45, 2.75) is 0 Å². The highest BCUT2D eigenvalue weighted by Gasteiger charge is 2.12. The average molecular weight is 347 g/mol. The van der Waals surface area contributed by atoms with Crippen molar-refractivity contribution < 1.29 is 4.79 Å². The first-order valence-corrected chi connectivity index (χ1v) is 6.35. The molecular formula is C11H6BrCl2N3O. The zero-order valence-electron chi connectivity index (χ0n) is 8.82. The van der Waals surface area contributed by atoms with E-state index in [1.165, 1.54) is 12.4 Å². The molecule has 0 aliphatic heterocycles. The normalized spacial score (nSPS) is 10.2. The fourth-order valence-corrected chi connectivity index (χ4v) is 1.95. The Hall–Kier alpha value is -1.17. The van der Waals surface area contributed by atoms with Gasteiger partial charge in [-0.15, -0.1) is 0 Å². The van der Waals surface area contributed by atoms with E-state index in [1.54, 1.807) is 18.2 Å². The van der Waals surface area contributed by atoms with Gasteiger partial charge in [-0.05, 0) is 34.1 Å². The highest BCUT2D eigenvalue weighted by Crippen LogP contribution is 2.20. The Balaban J connectivity index is 2.24. The van der Waals surface area contributed by atoms with Gasteiger partial charge in [-0.3, -0.25) is 4.79 Å². The second-order valence-corrected chi connectivity index (χ2v) is 4.97. The number of carbonyl (C=O) groups excluding carboxylic acids is 1. The van der Waals surface area contributed by atoms with Crippen LogP contribution in [0.5, 0.6) is 0 Å². The molecule has 18 heavy (non-hydrogen) atoms. The van der Waals surface area contributed by atoms with Crippen molar-refractivity contribution in [3.05, 3.63) is 50.9 Å². The van der Waals surface area contributed by atoms with Crippen molar-refractivity contribution in [3.8, 4) is 0 Å². The number of rotatable bonds is 2. The highest BCUT2D eigenvalue weighted by molar-refractivity contribution is 9.10. The van der Waals surface area contributed by atoms with E-state index >= 15 is 0 Å². The number of carbonyl (C=O) groups is 1. The molecule has 1 amide bonds. The third-order valence-electron chi connectivity index (χ3n) is 2.03. The minimum Gasteiger partial charge on any atom is -0.322 e. The minimum absolute atomic E-state index is 0.135. The van der Waals surface area contributed by atoms with Crippen LogP contribution >= 0.6 is 39.1 Å². The second kappa shape index (κ2) is 5.65. The van der Waals surface area contributed by atoms with Crippen molar-refractivity contribution in [1.82, 2.24) is 9.97 Å². The predicted octanol–water partition coefficient (Wildman–Crippen LogP) is 3.80. The Labute approximate surface area is 121 Å². The van der Waals surface area contributed by atoms with Gasteiger partial charge in [-0.1, -0.05) is 23.2 Å². The lowest BCUT2D eigenvalue weighted by atomic mass is 10.2. The van der Waals surface area contributed by atoms with Crippen LogP contribution in [0.2, 0.25) is 10.3 Å². The molecule has 0 radical (unpaired) electrons. The van der Waals surface area contributed by atoms with Crippen LogP contribution in [0.25, 0.3) is 0 Å². The van der Waals surface area contributed by atoms with Gasteiger partial charge in [0.15, 0.2) is 0 Å². The molecule has 0 fully saturated rings. The molecule has 0 atom stereocenters. The van der Waals surface area contributed by atoms with E-state index in [0.29, 0.717) is 15.3 Å². The molecule has 0 saturated heterocycles. The lowest BCUT2D eigenvalue weighted by molar-refractivity contribution is 0.102. The molecule has 1 N–H and O–H groups in total. The number of anilines is 1. The Bertz CT molecular complexity index is 607. The summed E-state index contributed by atoms with van der Waals surface area (Å²) in [7, 11) is 0. The van der Waals surface area contributed by atoms with E-state index in [2.05, 4.69) is 31.2 Å². The largest absolute Gasteiger partial charge is 0.322 e. The summed E-state index contributed by atoms with van der Waals surface area (Å²) in [5, 5.41) is 3.09. The molecule has 2 aromatic heterocycles. The third-order valence-corrected chi connectivity index (χ3v) is 2.98. The average Bonchev–Trinajstić information content (AvgIpc) is 2.32. The summed E-state index contributed by atoms with van der Waals surface area (Å²) < 4.78 is 0.671. The maximum Gasteiger partial charge on any atom is 0.258 e. The minimum atomic E-state index is -0.365. The molecule has 4 nitrogen and oxygen atoms in total. The summed E-state index contributed by atoms with van der Waals surface area (Å²) in [5.74, 6) is -0.365. The van der Waals surface area contributed by atoms with Gasteiger partial charge in [0.1, 0.15) is 10.3 Å². The number of halogens is 3. The van der Waals surface area contributed by atoms with Crippen molar-refractivity contribution in [2.24, 2.45) is 0 Å². The maximum atomic E-state index is 12.0. The van der Waals surface area contributed by atoms with Crippen molar-refractivity contribution >= 4 is 50.7 Å². The van der Waals surface area contributed by atoms with E-state index < -0.39 is 0 Å². The quantitative estimate of drug-likeness (QED) is 0.841. The topological polar surface area (TPSA) is 54.9 Å². The monoisotopic (exact) mass is 345 g/mol. The van der Waals surface area contributed by atoms with Gasteiger partial charge in [0.25, 0.3) is 5.91 Å². The van der Waals surface area contributed by atoms with Crippen molar-refractivity contribution in [3.63, 3.8) is 0 Å². The molecule has 0 aliphatic carbocycles. The van der Waals surface area contributed by atoms with Gasteiger partial charge in [-0.2, -0.15) is 0 Å². The fraction of sp³-hybridized carbons (Fsp3) is 0. The molecule has 0 bridgehead atoms. The lowest BCUT2D eigenvalue weighted by Crippen LogP contribution is -2.13. The predicted molar refractivity (Wildman–Crippen MR) is 74.1 cm³/mol. The van der Waals surface area contributed by atoms with Gasteiger partial charge < -0.3 is 5.32 Å². The first-order chi connectivity index (χ1) is 8.56. The van der Waals surface area contributed by atoms with Gasteiger partial charge >= 0.3 is 0 Å². The molecule has 0 spiro atoms. The van der Waals surface area contributed by atoms with Crippen molar-refractivity contribution in [2.75, 3.05) is 5.32 Å². The number of nitrogens with zero attached hydrogens (tertiary/aromatic N) is 2. The Morgan fingerprint density at radius 1 is 1.28 bits per heavy atom. The SMILES string of the molecule is O=C(Nc1ccnc(Cl)c1)c1cc(Br)cnc1Cl. The number of aromatic nitrogens is 2. The van der Waals surface area contributed by atoms with Crippen LogP contribution in [0, 0.1) is 0 Å². The van der Waals surface area contributed by atoms with E-state index in [0.717, 1.165) is 0 Å². The number of hydrogen-bond donors (Lipinski definition) is 1. The zero-order chi connectivity index (χ0) is 13.1. The molecule has 2 heterocycles. The van der Waals surface area contributed by atoms with Crippen LogP contribution in [0.4, 0.5) is 5.69 Å². The molecule has 0 aliphatic rings. The molecule has 0 unspecified atom stereocenters. The first kappa shape index (κ1) is 13.3. The number of hydrogen-bond acceptors (Lipinski definition) is 3. The number of amides is 1. The van der Waals surface area contributed by atoms with E-state index in [1.807, 2.05) is 0 Å². The standard InChI is InChI=1S/C11H6BrCl2N3O/c12-6-3-8(10(14)16-5-6)11(18)17-7-1-2-15-9(13)4-7/h1-5H,(H,15,17,18). The first-order valence-electron chi connectivity index (χ1n) is 4.80. The Morgan fingerprint density at radius 3 is 2.78 bits per heavy atom. The summed E-state index contributed by atoms with van der Waals surface area (Å²) in [6.45, 7) is 0. The van der Waals surface area contributed by atoms with Gasteiger partial charge in [-0.25, -0.2) is 9.97 Å².